The molecule has 1 aliphatic carbocycles. The summed E-state index contributed by atoms with van der Waals surface area (Å²) in [6.07, 6.45) is 2.66. The number of hydrogen-bond acceptors (Lipinski definition) is 6. The van der Waals surface area contributed by atoms with Crippen LogP contribution in [0.5, 0.6) is 0 Å². The predicted octanol–water partition coefficient (Wildman–Crippen LogP) is 4.38. The summed E-state index contributed by atoms with van der Waals surface area (Å²) in [7, 11) is 1.32. The van der Waals surface area contributed by atoms with E-state index in [9.17, 15) is 14.0 Å². The fraction of sp³-hybridized carbons (Fsp3) is 0.250. The van der Waals surface area contributed by atoms with Crippen LogP contribution in [0.3, 0.4) is 0 Å². The van der Waals surface area contributed by atoms with Crippen molar-refractivity contribution < 1.29 is 23.2 Å². The van der Waals surface area contributed by atoms with Crippen LogP contribution in [0.4, 0.5) is 9.39 Å². The van der Waals surface area contributed by atoms with Crippen LogP contribution in [0.1, 0.15) is 43.3 Å². The number of carbonyl (C=O) groups is 2. The number of ether oxygens (including phenoxy) is 1. The summed E-state index contributed by atoms with van der Waals surface area (Å²) in [6, 6.07) is 6.10. The molecule has 8 heteroatoms. The van der Waals surface area contributed by atoms with Gasteiger partial charge in [-0.15, -0.1) is 11.3 Å². The first-order valence-electron chi connectivity index (χ1n) is 8.75. The van der Waals surface area contributed by atoms with Gasteiger partial charge in [-0.2, -0.15) is 0 Å². The number of nitrogens with one attached hydrogen (secondary N) is 1. The first kappa shape index (κ1) is 18.4. The number of methoxy groups -OCH3 is 1. The monoisotopic (exact) mass is 400 g/mol. The molecule has 0 unspecified atom stereocenters. The highest BCUT2D eigenvalue weighted by Gasteiger charge is 2.28. The second-order valence-electron chi connectivity index (χ2n) is 6.55. The van der Waals surface area contributed by atoms with Gasteiger partial charge in [0, 0.05) is 16.5 Å². The Kier molecular flexibility index (Phi) is 4.72. The highest BCUT2D eigenvalue weighted by atomic mass is 32.1. The molecule has 6 nitrogen and oxygen atoms in total. The molecule has 28 heavy (non-hydrogen) atoms. The predicted molar refractivity (Wildman–Crippen MR) is 102 cm³/mol. The van der Waals surface area contributed by atoms with Crippen LogP contribution < -0.4 is 5.32 Å². The van der Waals surface area contributed by atoms with Gasteiger partial charge >= 0.3 is 5.97 Å². The molecule has 1 aromatic carbocycles. The third-order valence-corrected chi connectivity index (χ3v) is 5.94. The number of halogens is 1. The smallest absolute Gasteiger partial charge is 0.341 e. The summed E-state index contributed by atoms with van der Waals surface area (Å²) < 4.78 is 23.8. The Morgan fingerprint density at radius 3 is 2.86 bits per heavy atom. The first-order chi connectivity index (χ1) is 13.5. The number of aryl methyl sites for hydroxylation is 2. The van der Waals surface area contributed by atoms with E-state index in [0.29, 0.717) is 21.7 Å². The fourth-order valence-corrected chi connectivity index (χ4v) is 4.51. The third-order valence-electron chi connectivity index (χ3n) is 4.74. The van der Waals surface area contributed by atoms with Crippen LogP contribution in [0.2, 0.25) is 0 Å². The Labute approximate surface area is 164 Å². The number of hydrogen-bond donors (Lipinski definition) is 1. The number of anilines is 1. The van der Waals surface area contributed by atoms with Crippen molar-refractivity contribution in [2.45, 2.75) is 26.2 Å². The number of fused-ring (bicyclic) bond motifs is 1. The van der Waals surface area contributed by atoms with E-state index in [0.717, 1.165) is 29.7 Å². The first-order valence-corrected chi connectivity index (χ1v) is 9.57. The lowest BCUT2D eigenvalue weighted by molar-refractivity contribution is 0.0601. The Bertz CT molecular complexity index is 1090. The molecule has 2 aromatic heterocycles. The highest BCUT2D eigenvalue weighted by Crippen LogP contribution is 2.39. The van der Waals surface area contributed by atoms with Crippen LogP contribution in [0, 0.1) is 12.7 Å². The number of nitrogens with zero attached hydrogens (tertiary/aromatic N) is 1. The molecule has 0 radical (unpaired) electrons. The van der Waals surface area contributed by atoms with E-state index in [2.05, 4.69) is 10.5 Å². The van der Waals surface area contributed by atoms with Gasteiger partial charge in [-0.1, -0.05) is 17.3 Å². The van der Waals surface area contributed by atoms with Crippen LogP contribution in [0.25, 0.3) is 11.3 Å². The average Bonchev–Trinajstić information content (AvgIpc) is 3.39. The molecule has 0 atom stereocenters. The van der Waals surface area contributed by atoms with Gasteiger partial charge in [0.05, 0.1) is 12.7 Å². The molecule has 1 aliphatic rings. The minimum atomic E-state index is -0.507. The van der Waals surface area contributed by atoms with Crippen LogP contribution in [0.15, 0.2) is 28.8 Å². The molecule has 0 bridgehead atoms. The standard InChI is InChI=1S/C20H17FN2O4S/c1-10-6-7-11(8-13(10)21)15-9-14(23-27-15)18(24)22-19-17(20(25)26-2)12-4-3-5-16(12)28-19/h6-9H,3-5H2,1-2H3,(H,22,24). The molecule has 3 aromatic rings. The second-order valence-corrected chi connectivity index (χ2v) is 7.65. The van der Waals surface area contributed by atoms with Gasteiger partial charge in [-0.3, -0.25) is 4.79 Å². The lowest BCUT2D eigenvalue weighted by Crippen LogP contribution is -2.14. The number of thiophene rings is 1. The Balaban J connectivity index is 1.59. The Morgan fingerprint density at radius 2 is 2.11 bits per heavy atom. The topological polar surface area (TPSA) is 81.4 Å². The molecule has 0 saturated carbocycles. The molecule has 0 spiro atoms. The molecular formula is C20H17FN2O4S. The minimum Gasteiger partial charge on any atom is -0.465 e. The molecule has 2 heterocycles. The zero-order valence-electron chi connectivity index (χ0n) is 15.3. The van der Waals surface area contributed by atoms with E-state index < -0.39 is 11.9 Å². The largest absolute Gasteiger partial charge is 0.465 e. The maximum atomic E-state index is 13.8. The molecule has 0 saturated heterocycles. The van der Waals surface area contributed by atoms with E-state index in [1.807, 2.05) is 0 Å². The fourth-order valence-electron chi connectivity index (χ4n) is 3.24. The van der Waals surface area contributed by atoms with Gasteiger partial charge in [-0.25, -0.2) is 9.18 Å². The van der Waals surface area contributed by atoms with Gasteiger partial charge in [0.2, 0.25) is 0 Å². The van der Waals surface area contributed by atoms with Crippen molar-refractivity contribution in [3.05, 3.63) is 57.3 Å². The van der Waals surface area contributed by atoms with E-state index in [1.165, 1.54) is 30.6 Å². The van der Waals surface area contributed by atoms with Crippen molar-refractivity contribution in [1.82, 2.24) is 5.16 Å². The third kappa shape index (κ3) is 3.20. The number of benzene rings is 1. The lowest BCUT2D eigenvalue weighted by Gasteiger charge is -2.05. The van der Waals surface area contributed by atoms with Gasteiger partial charge in [0.25, 0.3) is 5.91 Å². The number of esters is 1. The molecule has 0 fully saturated rings. The zero-order chi connectivity index (χ0) is 19.8. The van der Waals surface area contributed by atoms with Crippen molar-refractivity contribution in [3.8, 4) is 11.3 Å². The number of carbonyl (C=O) groups excluding carboxylic acids is 2. The Morgan fingerprint density at radius 1 is 1.29 bits per heavy atom. The van der Waals surface area contributed by atoms with E-state index >= 15 is 0 Å². The maximum absolute atomic E-state index is 13.8. The lowest BCUT2D eigenvalue weighted by atomic mass is 10.1. The van der Waals surface area contributed by atoms with Gasteiger partial charge in [-0.05, 0) is 43.4 Å². The van der Waals surface area contributed by atoms with Crippen LogP contribution in [-0.4, -0.2) is 24.1 Å². The second kappa shape index (κ2) is 7.20. The normalized spacial score (nSPS) is 12.7. The van der Waals surface area contributed by atoms with Gasteiger partial charge in [0.1, 0.15) is 10.8 Å². The summed E-state index contributed by atoms with van der Waals surface area (Å²) in [6.45, 7) is 1.66. The van der Waals surface area contributed by atoms with Crippen molar-refractivity contribution in [2.75, 3.05) is 12.4 Å². The van der Waals surface area contributed by atoms with Crippen LogP contribution in [-0.2, 0) is 17.6 Å². The molecule has 144 valence electrons. The van der Waals surface area contributed by atoms with E-state index in [4.69, 9.17) is 9.26 Å². The summed E-state index contributed by atoms with van der Waals surface area (Å²) >= 11 is 1.38. The van der Waals surface area contributed by atoms with Gasteiger partial charge < -0.3 is 14.6 Å². The van der Waals surface area contributed by atoms with Crippen molar-refractivity contribution >= 4 is 28.2 Å². The van der Waals surface area contributed by atoms with Crippen molar-refractivity contribution in [1.29, 1.82) is 0 Å². The van der Waals surface area contributed by atoms with E-state index in [-0.39, 0.29) is 17.3 Å². The minimum absolute atomic E-state index is 0.0420. The summed E-state index contributed by atoms with van der Waals surface area (Å²) in [4.78, 5) is 25.9. The van der Waals surface area contributed by atoms with Crippen LogP contribution >= 0.6 is 11.3 Å². The highest BCUT2D eigenvalue weighted by molar-refractivity contribution is 7.17. The quantitative estimate of drug-likeness (QED) is 0.658. The molecule has 4 rings (SSSR count). The number of amides is 1. The van der Waals surface area contributed by atoms with Crippen molar-refractivity contribution in [3.63, 3.8) is 0 Å². The molecular weight excluding hydrogens is 383 g/mol. The summed E-state index contributed by atoms with van der Waals surface area (Å²) in [5.41, 5.74) is 2.41. The average molecular weight is 400 g/mol. The zero-order valence-corrected chi connectivity index (χ0v) is 16.1. The molecule has 1 N–H and O–H groups in total. The van der Waals surface area contributed by atoms with Crippen molar-refractivity contribution in [2.24, 2.45) is 0 Å². The molecule has 0 aliphatic heterocycles. The summed E-state index contributed by atoms with van der Waals surface area (Å²) in [5, 5.41) is 6.97. The van der Waals surface area contributed by atoms with Gasteiger partial charge in [0.15, 0.2) is 11.5 Å². The summed E-state index contributed by atoms with van der Waals surface area (Å²) in [5.74, 6) is -1.06. The Hall–Kier alpha value is -3.00. The number of aromatic nitrogens is 1. The number of rotatable bonds is 4. The van der Waals surface area contributed by atoms with E-state index in [1.54, 1.807) is 19.1 Å². The maximum Gasteiger partial charge on any atom is 0.341 e. The molecule has 1 amide bonds. The SMILES string of the molecule is COC(=O)c1c(NC(=O)c2cc(-c3ccc(C)c(F)c3)on2)sc2c1CCC2.